The summed E-state index contributed by atoms with van der Waals surface area (Å²) in [7, 11) is -0.998. The molecular formula is C13H17NO2S2. The maximum atomic E-state index is 12.0. The smallest absolute Gasteiger partial charge is 0.118 e. The van der Waals surface area contributed by atoms with Crippen LogP contribution in [0.4, 0.5) is 0 Å². The van der Waals surface area contributed by atoms with Crippen molar-refractivity contribution in [1.82, 2.24) is 5.32 Å². The average molecular weight is 283 g/mol. The summed E-state index contributed by atoms with van der Waals surface area (Å²) in [5.74, 6) is 2.12. The largest absolute Gasteiger partial charge is 0.464 e. The Kier molecular flexibility index (Phi) is 4.74. The minimum atomic E-state index is -0.998. The molecule has 2 aromatic heterocycles. The third kappa shape index (κ3) is 3.80. The Morgan fingerprint density at radius 3 is 2.78 bits per heavy atom. The Labute approximate surface area is 114 Å². The van der Waals surface area contributed by atoms with Crippen LogP contribution in [0.25, 0.3) is 0 Å². The predicted molar refractivity (Wildman–Crippen MR) is 75.1 cm³/mol. The van der Waals surface area contributed by atoms with Crippen molar-refractivity contribution in [3.63, 3.8) is 0 Å². The van der Waals surface area contributed by atoms with Crippen molar-refractivity contribution in [1.29, 1.82) is 0 Å². The maximum absolute atomic E-state index is 12.0. The van der Waals surface area contributed by atoms with Crippen LogP contribution in [-0.4, -0.2) is 10.3 Å². The number of thiophene rings is 1. The first kappa shape index (κ1) is 13.5. The lowest BCUT2D eigenvalue weighted by molar-refractivity contribution is 0.445. The molecule has 0 aromatic carbocycles. The van der Waals surface area contributed by atoms with Crippen molar-refractivity contribution >= 4 is 22.1 Å². The van der Waals surface area contributed by atoms with Gasteiger partial charge in [-0.1, -0.05) is 19.9 Å². The van der Waals surface area contributed by atoms with Crippen molar-refractivity contribution in [3.8, 4) is 0 Å². The molecular weight excluding hydrogens is 266 g/mol. The van der Waals surface area contributed by atoms with Crippen LogP contribution in [0.5, 0.6) is 0 Å². The first-order chi connectivity index (χ1) is 8.65. The molecule has 1 unspecified atom stereocenters. The highest BCUT2D eigenvalue weighted by atomic mass is 32.2. The molecule has 0 saturated carbocycles. The van der Waals surface area contributed by atoms with Crippen LogP contribution in [0.15, 0.2) is 38.3 Å². The molecule has 0 fully saturated rings. The zero-order valence-electron chi connectivity index (χ0n) is 10.5. The quantitative estimate of drug-likeness (QED) is 0.885. The van der Waals surface area contributed by atoms with Crippen LogP contribution < -0.4 is 5.32 Å². The molecule has 0 aliphatic heterocycles. The number of nitrogens with one attached hydrogen (secondary N) is 1. The van der Waals surface area contributed by atoms with E-state index in [0.717, 1.165) is 15.7 Å². The molecule has 1 atom stereocenters. The summed E-state index contributed by atoms with van der Waals surface area (Å²) < 4.78 is 18.5. The highest BCUT2D eigenvalue weighted by Crippen LogP contribution is 2.18. The van der Waals surface area contributed by atoms with E-state index in [1.165, 1.54) is 11.3 Å². The van der Waals surface area contributed by atoms with Crippen molar-refractivity contribution in [2.75, 3.05) is 0 Å². The third-order valence-corrected chi connectivity index (χ3v) is 5.03. The number of rotatable bonds is 6. The molecule has 0 bridgehead atoms. The zero-order chi connectivity index (χ0) is 13.0. The SMILES string of the molecule is CC(C)NCc1ccc(CS(=O)c2cccs2)o1. The van der Waals surface area contributed by atoms with E-state index in [2.05, 4.69) is 19.2 Å². The van der Waals surface area contributed by atoms with Gasteiger partial charge in [0.15, 0.2) is 0 Å². The molecule has 0 saturated heterocycles. The van der Waals surface area contributed by atoms with Gasteiger partial charge < -0.3 is 9.73 Å². The van der Waals surface area contributed by atoms with Gasteiger partial charge in [0.2, 0.25) is 0 Å². The Morgan fingerprint density at radius 1 is 1.33 bits per heavy atom. The van der Waals surface area contributed by atoms with Gasteiger partial charge in [0.25, 0.3) is 0 Å². The fraction of sp³-hybridized carbons (Fsp3) is 0.385. The molecule has 0 aliphatic rings. The van der Waals surface area contributed by atoms with Crippen molar-refractivity contribution in [2.45, 2.75) is 36.4 Å². The van der Waals surface area contributed by atoms with Gasteiger partial charge in [-0.3, -0.25) is 4.21 Å². The molecule has 3 nitrogen and oxygen atoms in total. The summed E-state index contributed by atoms with van der Waals surface area (Å²) in [6.07, 6.45) is 0. The predicted octanol–water partition coefficient (Wildman–Crippen LogP) is 3.15. The van der Waals surface area contributed by atoms with Crippen LogP contribution in [-0.2, 0) is 23.1 Å². The van der Waals surface area contributed by atoms with E-state index in [1.54, 1.807) is 0 Å². The maximum Gasteiger partial charge on any atom is 0.118 e. The van der Waals surface area contributed by atoms with Crippen LogP contribution in [0.2, 0.25) is 0 Å². The molecule has 2 rings (SSSR count). The molecule has 1 N–H and O–H groups in total. The summed E-state index contributed by atoms with van der Waals surface area (Å²) >= 11 is 1.52. The number of hydrogen-bond donors (Lipinski definition) is 1. The summed E-state index contributed by atoms with van der Waals surface area (Å²) in [6, 6.07) is 8.08. The number of furan rings is 1. The zero-order valence-corrected chi connectivity index (χ0v) is 12.1. The molecule has 98 valence electrons. The standard InChI is InChI=1S/C13H17NO2S2/c1-10(2)14-8-11-5-6-12(16-11)9-18(15)13-4-3-7-17-13/h3-7,10,14H,8-9H2,1-2H3. The lowest BCUT2D eigenvalue weighted by Gasteiger charge is -2.04. The van der Waals surface area contributed by atoms with E-state index in [9.17, 15) is 4.21 Å². The Morgan fingerprint density at radius 2 is 2.11 bits per heavy atom. The van der Waals surface area contributed by atoms with Crippen molar-refractivity contribution in [2.24, 2.45) is 0 Å². The lowest BCUT2D eigenvalue weighted by Crippen LogP contribution is -2.21. The average Bonchev–Trinajstić information content (AvgIpc) is 2.97. The van der Waals surface area contributed by atoms with Gasteiger partial charge in [0.05, 0.1) is 27.3 Å². The summed E-state index contributed by atoms with van der Waals surface area (Å²) in [5.41, 5.74) is 0. The van der Waals surface area contributed by atoms with Gasteiger partial charge in [-0.2, -0.15) is 0 Å². The monoisotopic (exact) mass is 283 g/mol. The van der Waals surface area contributed by atoms with E-state index in [1.807, 2.05) is 29.6 Å². The molecule has 5 heteroatoms. The van der Waals surface area contributed by atoms with E-state index in [-0.39, 0.29) is 0 Å². The molecule has 0 amide bonds. The normalized spacial score (nSPS) is 13.1. The summed E-state index contributed by atoms with van der Waals surface area (Å²) in [4.78, 5) is 0. The van der Waals surface area contributed by atoms with Gasteiger partial charge in [0.1, 0.15) is 11.5 Å². The number of hydrogen-bond acceptors (Lipinski definition) is 4. The van der Waals surface area contributed by atoms with E-state index in [4.69, 9.17) is 4.42 Å². The van der Waals surface area contributed by atoms with Gasteiger partial charge in [-0.15, -0.1) is 11.3 Å². The molecule has 18 heavy (non-hydrogen) atoms. The molecule has 0 aliphatic carbocycles. The van der Waals surface area contributed by atoms with Crippen LogP contribution in [0.3, 0.4) is 0 Å². The second-order valence-corrected chi connectivity index (χ2v) is 6.95. The third-order valence-electron chi connectivity index (χ3n) is 2.39. The first-order valence-electron chi connectivity index (χ1n) is 5.88. The first-order valence-corrected chi connectivity index (χ1v) is 8.08. The van der Waals surface area contributed by atoms with Crippen LogP contribution in [0, 0.1) is 0 Å². The minimum absolute atomic E-state index is 0.429. The van der Waals surface area contributed by atoms with Crippen LogP contribution >= 0.6 is 11.3 Å². The van der Waals surface area contributed by atoms with Crippen LogP contribution in [0.1, 0.15) is 25.4 Å². The van der Waals surface area contributed by atoms with E-state index in [0.29, 0.717) is 18.3 Å². The highest BCUT2D eigenvalue weighted by molar-refractivity contribution is 7.86. The fourth-order valence-electron chi connectivity index (χ4n) is 1.49. The molecule has 2 aromatic rings. The lowest BCUT2D eigenvalue weighted by atomic mass is 10.3. The summed E-state index contributed by atoms with van der Waals surface area (Å²) in [6.45, 7) is 4.90. The van der Waals surface area contributed by atoms with Gasteiger partial charge in [0, 0.05) is 6.04 Å². The van der Waals surface area contributed by atoms with Crippen molar-refractivity contribution in [3.05, 3.63) is 41.2 Å². The van der Waals surface area contributed by atoms with Crippen molar-refractivity contribution < 1.29 is 8.63 Å². The molecule has 0 radical (unpaired) electrons. The van der Waals surface area contributed by atoms with E-state index < -0.39 is 10.8 Å². The molecule has 2 heterocycles. The Balaban J connectivity index is 1.92. The second kappa shape index (κ2) is 6.31. The Hall–Kier alpha value is -0.910. The van der Waals surface area contributed by atoms with Gasteiger partial charge in [-0.25, -0.2) is 0 Å². The minimum Gasteiger partial charge on any atom is -0.464 e. The fourth-order valence-corrected chi connectivity index (χ4v) is 3.50. The van der Waals surface area contributed by atoms with Gasteiger partial charge in [-0.05, 0) is 23.6 Å². The Bertz CT molecular complexity index is 503. The highest BCUT2D eigenvalue weighted by Gasteiger charge is 2.09. The molecule has 0 spiro atoms. The second-order valence-electron chi connectivity index (χ2n) is 4.33. The van der Waals surface area contributed by atoms with Gasteiger partial charge >= 0.3 is 0 Å². The summed E-state index contributed by atoms with van der Waals surface area (Å²) in [5, 5.41) is 5.23. The topological polar surface area (TPSA) is 42.2 Å². The van der Waals surface area contributed by atoms with E-state index >= 15 is 0 Å².